The van der Waals surface area contributed by atoms with E-state index in [9.17, 15) is 9.18 Å². The van der Waals surface area contributed by atoms with Gasteiger partial charge in [0, 0.05) is 10.8 Å². The van der Waals surface area contributed by atoms with Crippen molar-refractivity contribution in [3.05, 3.63) is 58.0 Å². The number of thiophene rings is 1. The van der Waals surface area contributed by atoms with Crippen LogP contribution in [0.3, 0.4) is 0 Å². The van der Waals surface area contributed by atoms with Gasteiger partial charge in [0.1, 0.15) is 5.82 Å². The van der Waals surface area contributed by atoms with Crippen molar-refractivity contribution < 1.29 is 13.9 Å². The number of esters is 1. The average molecular weight is 290 g/mol. The van der Waals surface area contributed by atoms with Crippen LogP contribution in [0.1, 0.15) is 22.8 Å². The van der Waals surface area contributed by atoms with Crippen molar-refractivity contribution in [2.24, 2.45) is 5.41 Å². The normalized spacial score (nSPS) is 24.4. The Labute approximate surface area is 121 Å². The molecule has 0 bridgehead atoms. The molecule has 0 aliphatic heterocycles. The van der Waals surface area contributed by atoms with Gasteiger partial charge in [-0.2, -0.15) is 0 Å². The summed E-state index contributed by atoms with van der Waals surface area (Å²) in [5.41, 5.74) is 0.533. The standard InChI is InChI=1S/C16H15FO2S/c1-19-15(18)16(9-13-3-2-8-20-13)10-14(16)11-4-6-12(17)7-5-11/h2-8,14H,9-10H2,1H3. The molecular weight excluding hydrogens is 275 g/mol. The van der Waals surface area contributed by atoms with Crippen LogP contribution in [0.2, 0.25) is 0 Å². The molecule has 1 heterocycles. The summed E-state index contributed by atoms with van der Waals surface area (Å²) in [6.45, 7) is 0. The first-order valence-electron chi connectivity index (χ1n) is 6.52. The fraction of sp³-hybridized carbons (Fsp3) is 0.312. The van der Waals surface area contributed by atoms with Gasteiger partial charge in [-0.05, 0) is 42.0 Å². The first-order valence-corrected chi connectivity index (χ1v) is 7.40. The van der Waals surface area contributed by atoms with E-state index in [-0.39, 0.29) is 17.7 Å². The number of hydrogen-bond donors (Lipinski definition) is 0. The number of benzene rings is 1. The van der Waals surface area contributed by atoms with Crippen molar-refractivity contribution in [1.29, 1.82) is 0 Å². The molecule has 1 aliphatic rings. The van der Waals surface area contributed by atoms with Gasteiger partial charge < -0.3 is 4.74 Å². The predicted octanol–water partition coefficient (Wildman–Crippen LogP) is 3.78. The Morgan fingerprint density at radius 3 is 2.75 bits per heavy atom. The zero-order valence-electron chi connectivity index (χ0n) is 11.1. The highest BCUT2D eigenvalue weighted by Gasteiger charge is 2.61. The van der Waals surface area contributed by atoms with Crippen LogP contribution < -0.4 is 0 Å². The van der Waals surface area contributed by atoms with Crippen LogP contribution in [0.15, 0.2) is 41.8 Å². The van der Waals surface area contributed by atoms with Crippen LogP contribution >= 0.6 is 11.3 Å². The van der Waals surface area contributed by atoms with Crippen LogP contribution in [0, 0.1) is 11.2 Å². The van der Waals surface area contributed by atoms with Crippen LogP contribution in [0.25, 0.3) is 0 Å². The Morgan fingerprint density at radius 1 is 1.40 bits per heavy atom. The number of carbonyl (C=O) groups excluding carboxylic acids is 1. The SMILES string of the molecule is COC(=O)C1(Cc2cccs2)CC1c1ccc(F)cc1. The molecule has 3 rings (SSSR count). The summed E-state index contributed by atoms with van der Waals surface area (Å²) in [4.78, 5) is 13.4. The maximum absolute atomic E-state index is 13.0. The summed E-state index contributed by atoms with van der Waals surface area (Å²) >= 11 is 1.65. The van der Waals surface area contributed by atoms with Gasteiger partial charge in [0.2, 0.25) is 0 Å². The molecule has 104 valence electrons. The molecule has 4 heteroatoms. The van der Waals surface area contributed by atoms with Crippen molar-refractivity contribution in [3.63, 3.8) is 0 Å². The Balaban J connectivity index is 1.86. The Morgan fingerprint density at radius 2 is 2.15 bits per heavy atom. The van der Waals surface area contributed by atoms with Gasteiger partial charge in [0.05, 0.1) is 12.5 Å². The van der Waals surface area contributed by atoms with Crippen LogP contribution in [-0.4, -0.2) is 13.1 Å². The van der Waals surface area contributed by atoms with Crippen molar-refractivity contribution in [2.75, 3.05) is 7.11 Å². The van der Waals surface area contributed by atoms with Gasteiger partial charge in [-0.3, -0.25) is 4.79 Å². The summed E-state index contributed by atoms with van der Waals surface area (Å²) in [6.07, 6.45) is 1.46. The number of rotatable bonds is 4. The fourth-order valence-corrected chi connectivity index (χ4v) is 3.69. The average Bonchev–Trinajstić information content (AvgIpc) is 2.94. The molecule has 2 aromatic rings. The molecule has 2 atom stereocenters. The third-order valence-corrected chi connectivity index (χ3v) is 4.89. The van der Waals surface area contributed by atoms with Gasteiger partial charge in [0.25, 0.3) is 0 Å². The highest BCUT2D eigenvalue weighted by atomic mass is 32.1. The van der Waals surface area contributed by atoms with Gasteiger partial charge in [0.15, 0.2) is 0 Å². The fourth-order valence-electron chi connectivity index (χ4n) is 2.86. The van der Waals surface area contributed by atoms with Crippen LogP contribution in [0.5, 0.6) is 0 Å². The third-order valence-electron chi connectivity index (χ3n) is 4.01. The maximum Gasteiger partial charge on any atom is 0.312 e. The zero-order valence-corrected chi connectivity index (χ0v) is 12.0. The van der Waals surface area contributed by atoms with E-state index in [0.29, 0.717) is 6.42 Å². The lowest BCUT2D eigenvalue weighted by atomic mass is 9.94. The molecule has 2 nitrogen and oxygen atoms in total. The summed E-state index contributed by atoms with van der Waals surface area (Å²) in [5.74, 6) is -0.297. The van der Waals surface area contributed by atoms with E-state index in [2.05, 4.69) is 0 Å². The molecule has 0 amide bonds. The second-order valence-corrected chi connectivity index (χ2v) is 6.24. The van der Waals surface area contributed by atoms with E-state index in [1.54, 1.807) is 23.5 Å². The molecule has 0 saturated heterocycles. The first-order chi connectivity index (χ1) is 9.65. The maximum atomic E-state index is 13.0. The predicted molar refractivity (Wildman–Crippen MR) is 76.2 cm³/mol. The molecule has 0 spiro atoms. The molecule has 1 fully saturated rings. The second-order valence-electron chi connectivity index (χ2n) is 5.21. The molecular formula is C16H15FO2S. The van der Waals surface area contributed by atoms with E-state index < -0.39 is 5.41 Å². The lowest BCUT2D eigenvalue weighted by Crippen LogP contribution is -2.22. The van der Waals surface area contributed by atoms with Crippen molar-refractivity contribution in [3.8, 4) is 0 Å². The molecule has 1 aromatic carbocycles. The van der Waals surface area contributed by atoms with Crippen LogP contribution in [0.4, 0.5) is 4.39 Å². The minimum atomic E-state index is -0.475. The Kier molecular flexibility index (Phi) is 3.34. The number of hydrogen-bond acceptors (Lipinski definition) is 3. The Hall–Kier alpha value is -1.68. The summed E-state index contributed by atoms with van der Waals surface area (Å²) < 4.78 is 18.0. The minimum Gasteiger partial charge on any atom is -0.469 e. The lowest BCUT2D eigenvalue weighted by Gasteiger charge is -2.14. The molecule has 1 saturated carbocycles. The zero-order chi connectivity index (χ0) is 14.2. The largest absolute Gasteiger partial charge is 0.469 e. The molecule has 1 aliphatic carbocycles. The topological polar surface area (TPSA) is 26.3 Å². The van der Waals surface area contributed by atoms with Gasteiger partial charge in [-0.1, -0.05) is 18.2 Å². The number of ether oxygens (including phenoxy) is 1. The minimum absolute atomic E-state index is 0.123. The van der Waals surface area contributed by atoms with E-state index in [1.165, 1.54) is 24.1 Å². The summed E-state index contributed by atoms with van der Waals surface area (Å²) in [7, 11) is 1.43. The Bertz CT molecular complexity index is 606. The molecule has 0 N–H and O–H groups in total. The smallest absolute Gasteiger partial charge is 0.312 e. The summed E-state index contributed by atoms with van der Waals surface area (Å²) in [5, 5.41) is 2.01. The number of carbonyl (C=O) groups is 1. The van der Waals surface area contributed by atoms with E-state index in [1.807, 2.05) is 17.5 Å². The quantitative estimate of drug-likeness (QED) is 0.801. The highest BCUT2D eigenvalue weighted by molar-refractivity contribution is 7.09. The van der Waals surface area contributed by atoms with Crippen molar-refractivity contribution >= 4 is 17.3 Å². The van der Waals surface area contributed by atoms with E-state index in [0.717, 1.165) is 12.0 Å². The van der Waals surface area contributed by atoms with Gasteiger partial charge in [-0.25, -0.2) is 4.39 Å². The van der Waals surface area contributed by atoms with Crippen molar-refractivity contribution in [2.45, 2.75) is 18.8 Å². The molecule has 0 radical (unpaired) electrons. The summed E-state index contributed by atoms with van der Waals surface area (Å²) in [6, 6.07) is 10.4. The number of methoxy groups -OCH3 is 1. The number of halogens is 1. The monoisotopic (exact) mass is 290 g/mol. The molecule has 20 heavy (non-hydrogen) atoms. The van der Waals surface area contributed by atoms with Crippen LogP contribution in [-0.2, 0) is 16.0 Å². The van der Waals surface area contributed by atoms with E-state index >= 15 is 0 Å². The first kappa shape index (κ1) is 13.3. The molecule has 2 unspecified atom stereocenters. The molecule has 1 aromatic heterocycles. The third kappa shape index (κ3) is 2.24. The van der Waals surface area contributed by atoms with Gasteiger partial charge in [-0.15, -0.1) is 11.3 Å². The van der Waals surface area contributed by atoms with Crippen molar-refractivity contribution in [1.82, 2.24) is 0 Å². The van der Waals surface area contributed by atoms with Gasteiger partial charge >= 0.3 is 5.97 Å². The highest BCUT2D eigenvalue weighted by Crippen LogP contribution is 2.62. The lowest BCUT2D eigenvalue weighted by molar-refractivity contribution is -0.147. The second kappa shape index (κ2) is 5.02. The van der Waals surface area contributed by atoms with E-state index in [4.69, 9.17) is 4.74 Å².